The van der Waals surface area contributed by atoms with Gasteiger partial charge in [0.25, 0.3) is 0 Å². The zero-order chi connectivity index (χ0) is 14.5. The second-order valence-corrected chi connectivity index (χ2v) is 5.23. The van der Waals surface area contributed by atoms with Gasteiger partial charge < -0.3 is 9.47 Å². The standard InChI is InChI=1S/C14H21NO4/c1-5-6-10-18-13(17)15-9-7-8-11(15)12(16)19-14(2,3)4/h7-9H,5-6,10H2,1-4H3. The molecule has 1 aromatic heterocycles. The minimum Gasteiger partial charge on any atom is -0.455 e. The molecular formula is C14H21NO4. The van der Waals surface area contributed by atoms with E-state index < -0.39 is 17.7 Å². The monoisotopic (exact) mass is 267 g/mol. The lowest BCUT2D eigenvalue weighted by Crippen LogP contribution is -2.27. The molecule has 1 aromatic rings. The predicted octanol–water partition coefficient (Wildman–Crippen LogP) is 3.23. The highest BCUT2D eigenvalue weighted by molar-refractivity contribution is 5.92. The van der Waals surface area contributed by atoms with Crippen LogP contribution >= 0.6 is 0 Å². The Morgan fingerprint density at radius 3 is 2.58 bits per heavy atom. The number of unbranched alkanes of at least 4 members (excludes halogenated alkanes) is 1. The highest BCUT2D eigenvalue weighted by Crippen LogP contribution is 2.13. The summed E-state index contributed by atoms with van der Waals surface area (Å²) < 4.78 is 11.5. The molecule has 5 nitrogen and oxygen atoms in total. The first-order valence-electron chi connectivity index (χ1n) is 6.43. The van der Waals surface area contributed by atoms with Crippen molar-refractivity contribution in [3.05, 3.63) is 24.0 Å². The Bertz CT molecular complexity index is 443. The lowest BCUT2D eigenvalue weighted by molar-refractivity contribution is 0.00569. The van der Waals surface area contributed by atoms with Crippen LogP contribution in [0.3, 0.4) is 0 Å². The van der Waals surface area contributed by atoms with Crippen LogP contribution in [0.25, 0.3) is 0 Å². The predicted molar refractivity (Wildman–Crippen MR) is 71.3 cm³/mol. The maximum Gasteiger partial charge on any atom is 0.418 e. The first-order valence-corrected chi connectivity index (χ1v) is 6.43. The molecule has 0 saturated carbocycles. The molecule has 0 saturated heterocycles. The van der Waals surface area contributed by atoms with Crippen LogP contribution < -0.4 is 0 Å². The van der Waals surface area contributed by atoms with Gasteiger partial charge in [-0.05, 0) is 39.3 Å². The highest BCUT2D eigenvalue weighted by atomic mass is 16.6. The molecule has 0 radical (unpaired) electrons. The van der Waals surface area contributed by atoms with Gasteiger partial charge in [-0.3, -0.25) is 0 Å². The van der Waals surface area contributed by atoms with Gasteiger partial charge in [0.1, 0.15) is 11.3 Å². The molecule has 19 heavy (non-hydrogen) atoms. The summed E-state index contributed by atoms with van der Waals surface area (Å²) in [5, 5.41) is 0. The maximum absolute atomic E-state index is 11.9. The van der Waals surface area contributed by atoms with E-state index in [1.54, 1.807) is 26.8 Å². The van der Waals surface area contributed by atoms with Crippen molar-refractivity contribution in [2.45, 2.75) is 46.1 Å². The molecule has 0 aromatic carbocycles. The third-order valence-corrected chi connectivity index (χ3v) is 2.28. The van der Waals surface area contributed by atoms with Gasteiger partial charge in [-0.25, -0.2) is 14.2 Å². The van der Waals surface area contributed by atoms with Gasteiger partial charge in [0.05, 0.1) is 6.61 Å². The molecule has 1 rings (SSSR count). The molecule has 0 spiro atoms. The molecule has 106 valence electrons. The molecule has 0 bridgehead atoms. The fraction of sp³-hybridized carbons (Fsp3) is 0.571. The zero-order valence-corrected chi connectivity index (χ0v) is 11.9. The quantitative estimate of drug-likeness (QED) is 0.620. The molecule has 0 N–H and O–H groups in total. The second kappa shape index (κ2) is 6.41. The first kappa shape index (κ1) is 15.3. The van der Waals surface area contributed by atoms with E-state index in [0.717, 1.165) is 12.8 Å². The van der Waals surface area contributed by atoms with Gasteiger partial charge in [0.15, 0.2) is 0 Å². The van der Waals surface area contributed by atoms with Crippen molar-refractivity contribution < 1.29 is 19.1 Å². The zero-order valence-electron chi connectivity index (χ0n) is 11.9. The molecule has 0 unspecified atom stereocenters. The average molecular weight is 267 g/mol. The van der Waals surface area contributed by atoms with Crippen molar-refractivity contribution in [3.8, 4) is 0 Å². The number of hydrogen-bond acceptors (Lipinski definition) is 4. The molecule has 1 heterocycles. The molecule has 0 aliphatic rings. The number of hydrogen-bond donors (Lipinski definition) is 0. The van der Waals surface area contributed by atoms with Gasteiger partial charge >= 0.3 is 12.1 Å². The molecule has 0 aliphatic carbocycles. The molecule has 0 aliphatic heterocycles. The van der Waals surface area contributed by atoms with Crippen molar-refractivity contribution in [2.24, 2.45) is 0 Å². The molecule has 0 atom stereocenters. The van der Waals surface area contributed by atoms with E-state index in [1.165, 1.54) is 16.8 Å². The largest absolute Gasteiger partial charge is 0.455 e. The van der Waals surface area contributed by atoms with E-state index in [2.05, 4.69) is 0 Å². The third kappa shape index (κ3) is 4.77. The number of ether oxygens (including phenoxy) is 2. The van der Waals surface area contributed by atoms with Crippen molar-refractivity contribution >= 4 is 12.1 Å². The van der Waals surface area contributed by atoms with Crippen molar-refractivity contribution in [2.75, 3.05) is 6.61 Å². The topological polar surface area (TPSA) is 57.5 Å². The fourth-order valence-corrected chi connectivity index (χ4v) is 1.41. The van der Waals surface area contributed by atoms with Crippen LogP contribution in [0.15, 0.2) is 18.3 Å². The SMILES string of the molecule is CCCCOC(=O)n1cccc1C(=O)OC(C)(C)C. The number of aromatic nitrogens is 1. The van der Waals surface area contributed by atoms with Gasteiger partial charge in [0, 0.05) is 6.20 Å². The summed E-state index contributed by atoms with van der Waals surface area (Å²) in [5.41, 5.74) is -0.422. The van der Waals surface area contributed by atoms with Gasteiger partial charge in [-0.1, -0.05) is 13.3 Å². The van der Waals surface area contributed by atoms with Crippen LogP contribution in [0.2, 0.25) is 0 Å². The second-order valence-electron chi connectivity index (χ2n) is 5.23. The fourth-order valence-electron chi connectivity index (χ4n) is 1.41. The van der Waals surface area contributed by atoms with Crippen LogP contribution in [0.1, 0.15) is 51.0 Å². The van der Waals surface area contributed by atoms with Crippen LogP contribution in [-0.2, 0) is 9.47 Å². The van der Waals surface area contributed by atoms with Crippen molar-refractivity contribution in [1.29, 1.82) is 0 Å². The Morgan fingerprint density at radius 2 is 2.00 bits per heavy atom. The minimum absolute atomic E-state index is 0.177. The molecule has 0 fully saturated rings. The summed E-state index contributed by atoms with van der Waals surface area (Å²) in [6, 6.07) is 3.15. The van der Waals surface area contributed by atoms with Gasteiger partial charge in [0.2, 0.25) is 0 Å². The van der Waals surface area contributed by atoms with Gasteiger partial charge in [-0.15, -0.1) is 0 Å². The summed E-state index contributed by atoms with van der Waals surface area (Å²) in [4.78, 5) is 23.7. The summed E-state index contributed by atoms with van der Waals surface area (Å²) in [7, 11) is 0. The Kier molecular flexibility index (Phi) is 5.15. The normalized spacial score (nSPS) is 11.2. The highest BCUT2D eigenvalue weighted by Gasteiger charge is 2.22. The Hall–Kier alpha value is -1.78. The van der Waals surface area contributed by atoms with E-state index in [0.29, 0.717) is 6.61 Å². The lowest BCUT2D eigenvalue weighted by atomic mass is 10.2. The summed E-state index contributed by atoms with van der Waals surface area (Å²) in [6.07, 6.45) is 2.68. The molecule has 5 heteroatoms. The number of esters is 1. The Morgan fingerprint density at radius 1 is 1.32 bits per heavy atom. The molecule has 0 amide bonds. The van der Waals surface area contributed by atoms with Crippen LogP contribution in [0.4, 0.5) is 4.79 Å². The molecular weight excluding hydrogens is 246 g/mol. The summed E-state index contributed by atoms with van der Waals surface area (Å²) in [6.45, 7) is 7.68. The number of carbonyl (C=O) groups is 2. The Labute approximate surface area is 113 Å². The minimum atomic E-state index is -0.599. The van der Waals surface area contributed by atoms with E-state index >= 15 is 0 Å². The maximum atomic E-state index is 11.9. The first-order chi connectivity index (χ1) is 8.85. The van der Waals surface area contributed by atoms with Crippen molar-refractivity contribution in [3.63, 3.8) is 0 Å². The third-order valence-electron chi connectivity index (χ3n) is 2.28. The average Bonchev–Trinajstić information content (AvgIpc) is 2.75. The number of rotatable bonds is 4. The van der Waals surface area contributed by atoms with Crippen molar-refractivity contribution in [1.82, 2.24) is 4.57 Å². The van der Waals surface area contributed by atoms with E-state index in [1.807, 2.05) is 6.92 Å². The van der Waals surface area contributed by atoms with E-state index in [4.69, 9.17) is 9.47 Å². The van der Waals surface area contributed by atoms with Crippen LogP contribution in [-0.4, -0.2) is 28.8 Å². The number of nitrogens with zero attached hydrogens (tertiary/aromatic N) is 1. The van der Waals surface area contributed by atoms with E-state index in [9.17, 15) is 9.59 Å². The van der Waals surface area contributed by atoms with Crippen LogP contribution in [0.5, 0.6) is 0 Å². The summed E-state index contributed by atoms with van der Waals surface area (Å²) in [5.74, 6) is -0.537. The van der Waals surface area contributed by atoms with Crippen LogP contribution in [0, 0.1) is 0 Å². The van der Waals surface area contributed by atoms with E-state index in [-0.39, 0.29) is 5.69 Å². The Balaban J connectivity index is 2.74. The van der Waals surface area contributed by atoms with Gasteiger partial charge in [-0.2, -0.15) is 0 Å². The lowest BCUT2D eigenvalue weighted by Gasteiger charge is -2.19. The number of carbonyl (C=O) groups excluding carboxylic acids is 2. The smallest absolute Gasteiger partial charge is 0.418 e. The summed E-state index contributed by atoms with van der Waals surface area (Å²) >= 11 is 0.